The van der Waals surface area contributed by atoms with Crippen LogP contribution in [0.1, 0.15) is 42.1 Å². The Kier molecular flexibility index (Phi) is 3.20. The topological polar surface area (TPSA) is 29.1 Å². The third-order valence-corrected chi connectivity index (χ3v) is 3.43. The Morgan fingerprint density at radius 1 is 1.39 bits per heavy atom. The molecule has 1 saturated carbocycles. The van der Waals surface area contributed by atoms with Crippen molar-refractivity contribution < 1.29 is 13.6 Å². The van der Waals surface area contributed by atoms with Crippen molar-refractivity contribution in [2.75, 3.05) is 0 Å². The summed E-state index contributed by atoms with van der Waals surface area (Å²) >= 11 is 0. The van der Waals surface area contributed by atoms with Crippen LogP contribution in [0.15, 0.2) is 18.7 Å². The van der Waals surface area contributed by atoms with Gasteiger partial charge in [-0.15, -0.1) is 0 Å². The maximum atomic E-state index is 13.2. The van der Waals surface area contributed by atoms with Crippen LogP contribution in [0.5, 0.6) is 0 Å². The van der Waals surface area contributed by atoms with Gasteiger partial charge in [0.1, 0.15) is 0 Å². The van der Waals surface area contributed by atoms with Crippen molar-refractivity contribution in [2.45, 2.75) is 31.7 Å². The van der Waals surface area contributed by atoms with E-state index in [2.05, 4.69) is 11.9 Å². The fraction of sp³-hybridized carbons (Fsp3) is 0.357. The Labute approximate surface area is 105 Å². The lowest BCUT2D eigenvalue weighted by Crippen LogP contribution is -2.51. The number of amides is 1. The number of nitrogens with one attached hydrogen (secondary N) is 1. The predicted octanol–water partition coefficient (Wildman–Crippen LogP) is 3.28. The molecule has 0 aliphatic heterocycles. The van der Waals surface area contributed by atoms with Crippen LogP contribution in [0, 0.1) is 11.6 Å². The van der Waals surface area contributed by atoms with Gasteiger partial charge in [0.05, 0.1) is 0 Å². The third-order valence-electron chi connectivity index (χ3n) is 3.43. The maximum absolute atomic E-state index is 13.2. The van der Waals surface area contributed by atoms with Gasteiger partial charge < -0.3 is 5.32 Å². The lowest BCUT2D eigenvalue weighted by molar-refractivity contribution is 0.0849. The minimum absolute atomic E-state index is 0.122. The highest BCUT2D eigenvalue weighted by atomic mass is 19.2. The van der Waals surface area contributed by atoms with Gasteiger partial charge in [0.25, 0.3) is 5.91 Å². The summed E-state index contributed by atoms with van der Waals surface area (Å²) in [4.78, 5) is 12.0. The van der Waals surface area contributed by atoms with E-state index < -0.39 is 11.6 Å². The molecule has 0 aromatic heterocycles. The van der Waals surface area contributed by atoms with Gasteiger partial charge in [-0.2, -0.15) is 0 Å². The van der Waals surface area contributed by atoms with E-state index in [1.54, 1.807) is 0 Å². The first kappa shape index (κ1) is 12.7. The predicted molar refractivity (Wildman–Crippen MR) is 66.2 cm³/mol. The Morgan fingerprint density at radius 3 is 2.50 bits per heavy atom. The van der Waals surface area contributed by atoms with Crippen LogP contribution in [0.25, 0.3) is 6.08 Å². The number of carbonyl (C=O) groups is 1. The molecule has 1 aliphatic rings. The van der Waals surface area contributed by atoms with E-state index >= 15 is 0 Å². The SMILES string of the molecule is C=Cc1cc(F)c(F)cc1C(=O)NC1(C)CCC1. The molecule has 4 heteroatoms. The largest absolute Gasteiger partial charge is 0.347 e. The van der Waals surface area contributed by atoms with Crippen LogP contribution in [-0.2, 0) is 0 Å². The monoisotopic (exact) mass is 251 g/mol. The van der Waals surface area contributed by atoms with Crippen molar-refractivity contribution in [2.24, 2.45) is 0 Å². The van der Waals surface area contributed by atoms with Gasteiger partial charge in [0.15, 0.2) is 11.6 Å². The second-order valence-corrected chi connectivity index (χ2v) is 4.93. The van der Waals surface area contributed by atoms with Gasteiger partial charge in [-0.3, -0.25) is 4.79 Å². The second-order valence-electron chi connectivity index (χ2n) is 4.93. The molecule has 2 rings (SSSR count). The highest BCUT2D eigenvalue weighted by Gasteiger charge is 2.33. The van der Waals surface area contributed by atoms with Crippen molar-refractivity contribution in [1.29, 1.82) is 0 Å². The first-order valence-electron chi connectivity index (χ1n) is 5.89. The Bertz CT molecular complexity index is 507. The van der Waals surface area contributed by atoms with Crippen molar-refractivity contribution in [3.8, 4) is 0 Å². The highest BCUT2D eigenvalue weighted by molar-refractivity contribution is 5.98. The summed E-state index contributed by atoms with van der Waals surface area (Å²) in [5.74, 6) is -2.38. The van der Waals surface area contributed by atoms with Crippen LogP contribution >= 0.6 is 0 Å². The zero-order valence-corrected chi connectivity index (χ0v) is 10.2. The summed E-state index contributed by atoms with van der Waals surface area (Å²) in [5.41, 5.74) is 0.201. The average Bonchev–Trinajstić information content (AvgIpc) is 2.29. The summed E-state index contributed by atoms with van der Waals surface area (Å²) in [7, 11) is 0. The summed E-state index contributed by atoms with van der Waals surface area (Å²) < 4.78 is 26.3. The number of hydrogen-bond acceptors (Lipinski definition) is 1. The summed E-state index contributed by atoms with van der Waals surface area (Å²) in [6.07, 6.45) is 4.24. The van der Waals surface area contributed by atoms with Gasteiger partial charge in [0.2, 0.25) is 0 Å². The first-order valence-corrected chi connectivity index (χ1v) is 5.89. The van der Waals surface area contributed by atoms with Gasteiger partial charge in [-0.25, -0.2) is 8.78 Å². The highest BCUT2D eigenvalue weighted by Crippen LogP contribution is 2.31. The van der Waals surface area contributed by atoms with E-state index in [0.29, 0.717) is 5.56 Å². The fourth-order valence-corrected chi connectivity index (χ4v) is 2.10. The van der Waals surface area contributed by atoms with Gasteiger partial charge in [-0.1, -0.05) is 12.7 Å². The Morgan fingerprint density at radius 2 is 2.00 bits per heavy atom. The summed E-state index contributed by atoms with van der Waals surface area (Å²) in [6, 6.07) is 1.91. The Balaban J connectivity index is 2.29. The molecule has 0 unspecified atom stereocenters. The van der Waals surface area contributed by atoms with Crippen molar-refractivity contribution in [1.82, 2.24) is 5.32 Å². The molecule has 18 heavy (non-hydrogen) atoms. The normalized spacial score (nSPS) is 16.8. The van der Waals surface area contributed by atoms with Crippen molar-refractivity contribution in [3.63, 3.8) is 0 Å². The van der Waals surface area contributed by atoms with Crippen LogP contribution in [-0.4, -0.2) is 11.4 Å². The van der Waals surface area contributed by atoms with E-state index in [4.69, 9.17) is 0 Å². The molecule has 1 aromatic carbocycles. The maximum Gasteiger partial charge on any atom is 0.252 e. The molecule has 0 bridgehead atoms. The molecule has 1 aromatic rings. The molecule has 0 atom stereocenters. The van der Waals surface area contributed by atoms with E-state index in [9.17, 15) is 13.6 Å². The molecule has 1 aliphatic carbocycles. The third kappa shape index (κ3) is 2.28. The number of hydrogen-bond donors (Lipinski definition) is 1. The molecule has 1 amide bonds. The molecular weight excluding hydrogens is 236 g/mol. The number of halogens is 2. The zero-order valence-electron chi connectivity index (χ0n) is 10.2. The molecule has 0 saturated heterocycles. The van der Waals surface area contributed by atoms with Gasteiger partial charge in [0, 0.05) is 11.1 Å². The smallest absolute Gasteiger partial charge is 0.252 e. The summed E-state index contributed by atoms with van der Waals surface area (Å²) in [5, 5.41) is 2.85. The molecule has 1 N–H and O–H groups in total. The van der Waals surface area contributed by atoms with Crippen LogP contribution < -0.4 is 5.32 Å². The van der Waals surface area contributed by atoms with E-state index in [1.165, 1.54) is 6.08 Å². The molecule has 96 valence electrons. The lowest BCUT2D eigenvalue weighted by atomic mass is 9.78. The van der Waals surface area contributed by atoms with E-state index in [1.807, 2.05) is 6.92 Å². The number of carbonyl (C=O) groups excluding carboxylic acids is 1. The molecular formula is C14H15F2NO. The molecule has 2 nitrogen and oxygen atoms in total. The number of benzene rings is 1. The fourth-order valence-electron chi connectivity index (χ4n) is 2.10. The summed E-state index contributed by atoms with van der Waals surface area (Å²) in [6.45, 7) is 5.45. The minimum atomic E-state index is -1.02. The average molecular weight is 251 g/mol. The van der Waals surface area contributed by atoms with Crippen molar-refractivity contribution >= 4 is 12.0 Å². The molecule has 0 spiro atoms. The van der Waals surface area contributed by atoms with Crippen LogP contribution in [0.2, 0.25) is 0 Å². The van der Waals surface area contributed by atoms with Crippen LogP contribution in [0.4, 0.5) is 8.78 Å². The first-order chi connectivity index (χ1) is 8.45. The quantitative estimate of drug-likeness (QED) is 0.877. The lowest BCUT2D eigenvalue weighted by Gasteiger charge is -2.39. The van der Waals surface area contributed by atoms with E-state index in [0.717, 1.165) is 31.4 Å². The number of rotatable bonds is 3. The van der Waals surface area contributed by atoms with E-state index in [-0.39, 0.29) is 17.0 Å². The van der Waals surface area contributed by atoms with Gasteiger partial charge >= 0.3 is 0 Å². The zero-order chi connectivity index (χ0) is 13.3. The second kappa shape index (κ2) is 4.52. The van der Waals surface area contributed by atoms with Crippen molar-refractivity contribution in [3.05, 3.63) is 41.5 Å². The Hall–Kier alpha value is -1.71. The van der Waals surface area contributed by atoms with Crippen LogP contribution in [0.3, 0.4) is 0 Å². The minimum Gasteiger partial charge on any atom is -0.347 e. The standard InChI is InChI=1S/C14H15F2NO/c1-3-9-7-11(15)12(16)8-10(9)13(18)17-14(2)5-4-6-14/h3,7-8H,1,4-6H2,2H3,(H,17,18). The molecule has 0 radical (unpaired) electrons. The van der Waals surface area contributed by atoms with Gasteiger partial charge in [-0.05, 0) is 43.9 Å². The molecule has 0 heterocycles. The molecule has 1 fully saturated rings.